The molecule has 0 aromatic carbocycles. The number of piperidine rings is 1. The van der Waals surface area contributed by atoms with Crippen LogP contribution in [0.4, 0.5) is 4.39 Å². The number of rotatable bonds is 4. The van der Waals surface area contributed by atoms with Crippen LogP contribution >= 0.6 is 11.6 Å². The average Bonchev–Trinajstić information content (AvgIpc) is 2.47. The molecule has 0 radical (unpaired) electrons. The number of nitrogens with one attached hydrogen (secondary N) is 1. The molecule has 2 N–H and O–H groups in total. The molecule has 1 aliphatic heterocycles. The highest BCUT2D eigenvalue weighted by Crippen LogP contribution is 2.39. The fourth-order valence-electron chi connectivity index (χ4n) is 3.55. The number of pyridine rings is 1. The number of nitrogens with zero attached hydrogens (tertiary/aromatic N) is 1. The minimum Gasteiger partial charge on any atom is -0.460 e. The van der Waals surface area contributed by atoms with E-state index in [9.17, 15) is 9.90 Å². The third kappa shape index (κ3) is 5.39. The average molecular weight is 401 g/mol. The fourth-order valence-corrected chi connectivity index (χ4v) is 3.76. The summed E-state index contributed by atoms with van der Waals surface area (Å²) in [6.45, 7) is 11.0. The molecular weight excluding hydrogens is 371 g/mol. The summed E-state index contributed by atoms with van der Waals surface area (Å²) in [4.78, 5) is 17.2. The summed E-state index contributed by atoms with van der Waals surface area (Å²) in [5, 5.41) is 13.7. The minimum absolute atomic E-state index is 0.0684. The largest absolute Gasteiger partial charge is 0.460 e. The molecule has 27 heavy (non-hydrogen) atoms. The number of hydrogen-bond donors (Lipinski definition) is 2. The highest BCUT2D eigenvalue weighted by atomic mass is 35.5. The van der Waals surface area contributed by atoms with E-state index in [0.29, 0.717) is 19.4 Å². The second-order valence-corrected chi connectivity index (χ2v) is 9.47. The van der Waals surface area contributed by atoms with Gasteiger partial charge in [0.2, 0.25) is 0 Å². The first-order valence-corrected chi connectivity index (χ1v) is 9.66. The van der Waals surface area contributed by atoms with Crippen LogP contribution in [0.5, 0.6) is 0 Å². The Morgan fingerprint density at radius 3 is 2.59 bits per heavy atom. The Morgan fingerprint density at radius 1 is 1.44 bits per heavy atom. The lowest BCUT2D eigenvalue weighted by molar-refractivity contribution is -0.170. The van der Waals surface area contributed by atoms with Gasteiger partial charge in [-0.05, 0) is 67.0 Å². The molecule has 2 heterocycles. The van der Waals surface area contributed by atoms with Crippen molar-refractivity contribution < 1.29 is 19.0 Å². The third-order valence-electron chi connectivity index (χ3n) is 4.79. The molecule has 5 nitrogen and oxygen atoms in total. The summed E-state index contributed by atoms with van der Waals surface area (Å²) >= 11 is 6.09. The van der Waals surface area contributed by atoms with Gasteiger partial charge in [0.15, 0.2) is 5.82 Å². The smallest absolute Gasteiger partial charge is 0.313 e. The van der Waals surface area contributed by atoms with Crippen molar-refractivity contribution in [1.29, 1.82) is 0 Å². The van der Waals surface area contributed by atoms with E-state index >= 15 is 4.39 Å². The summed E-state index contributed by atoms with van der Waals surface area (Å²) < 4.78 is 20.8. The van der Waals surface area contributed by atoms with Gasteiger partial charge < -0.3 is 15.2 Å². The molecule has 152 valence electrons. The third-order valence-corrected chi connectivity index (χ3v) is 4.98. The highest BCUT2D eigenvalue weighted by molar-refractivity contribution is 6.29. The van der Waals surface area contributed by atoms with Crippen LogP contribution in [0.1, 0.15) is 65.6 Å². The Bertz CT molecular complexity index is 712. The van der Waals surface area contributed by atoms with Crippen LogP contribution in [0.3, 0.4) is 0 Å². The molecule has 0 amide bonds. The van der Waals surface area contributed by atoms with Gasteiger partial charge in [-0.1, -0.05) is 11.6 Å². The Morgan fingerprint density at radius 2 is 2.07 bits per heavy atom. The number of hydrogen-bond acceptors (Lipinski definition) is 5. The van der Waals surface area contributed by atoms with Crippen LogP contribution in [0, 0.1) is 11.2 Å². The molecule has 2 rings (SSSR count). The predicted octanol–water partition coefficient (Wildman–Crippen LogP) is 3.74. The van der Waals surface area contributed by atoms with Crippen LogP contribution in [0.2, 0.25) is 5.15 Å². The van der Waals surface area contributed by atoms with Gasteiger partial charge in [0.1, 0.15) is 10.8 Å². The summed E-state index contributed by atoms with van der Waals surface area (Å²) in [5.74, 6) is -0.977. The first-order valence-electron chi connectivity index (χ1n) is 9.28. The SMILES string of the molecule is CC1CC(Cc2nc(Cl)cc(C(C)(C)O)c2F)(C(=O)OC(C)(C)C)CCN1. The van der Waals surface area contributed by atoms with Crippen molar-refractivity contribution in [3.05, 3.63) is 28.3 Å². The molecule has 1 fully saturated rings. The quantitative estimate of drug-likeness (QED) is 0.595. The molecule has 1 aromatic rings. The van der Waals surface area contributed by atoms with Crippen LogP contribution in [-0.4, -0.2) is 34.2 Å². The lowest BCUT2D eigenvalue weighted by Gasteiger charge is -2.40. The molecule has 0 saturated carbocycles. The summed E-state index contributed by atoms with van der Waals surface area (Å²) in [6.07, 6.45) is 1.09. The van der Waals surface area contributed by atoms with E-state index in [1.54, 1.807) is 0 Å². The first-order chi connectivity index (χ1) is 12.2. The van der Waals surface area contributed by atoms with Crippen molar-refractivity contribution in [2.45, 2.75) is 78.0 Å². The maximum Gasteiger partial charge on any atom is 0.313 e. The van der Waals surface area contributed by atoms with Crippen LogP contribution < -0.4 is 5.32 Å². The van der Waals surface area contributed by atoms with Gasteiger partial charge in [-0.2, -0.15) is 0 Å². The van der Waals surface area contributed by atoms with E-state index in [2.05, 4.69) is 10.3 Å². The summed E-state index contributed by atoms with van der Waals surface area (Å²) in [5.41, 5.74) is -2.80. The Kier molecular flexibility index (Phi) is 6.24. The van der Waals surface area contributed by atoms with E-state index in [0.717, 1.165) is 0 Å². The molecule has 1 aliphatic rings. The molecule has 0 spiro atoms. The molecule has 0 bridgehead atoms. The molecule has 0 aliphatic carbocycles. The number of esters is 1. The molecule has 1 saturated heterocycles. The predicted molar refractivity (Wildman–Crippen MR) is 103 cm³/mol. The van der Waals surface area contributed by atoms with Crippen LogP contribution in [0.15, 0.2) is 6.07 Å². The zero-order valence-electron chi connectivity index (χ0n) is 16.9. The standard InChI is InChI=1S/C20H30ClFN2O3/c1-12-10-20(7-8-23-12,17(25)27-18(2,3)4)11-14-16(22)13(19(5,6)26)9-15(21)24-14/h9,12,23,26H,7-8,10-11H2,1-6H3. The lowest BCUT2D eigenvalue weighted by atomic mass is 9.72. The Hall–Kier alpha value is -1.24. The van der Waals surface area contributed by atoms with E-state index in [-0.39, 0.29) is 34.8 Å². The Labute approximate surface area is 165 Å². The number of ether oxygens (including phenoxy) is 1. The number of aromatic nitrogens is 1. The second kappa shape index (κ2) is 7.64. The van der Waals surface area contributed by atoms with Gasteiger partial charge in [0.25, 0.3) is 0 Å². The van der Waals surface area contributed by atoms with E-state index < -0.39 is 22.4 Å². The topological polar surface area (TPSA) is 71.5 Å². The van der Waals surface area contributed by atoms with E-state index in [1.165, 1.54) is 19.9 Å². The second-order valence-electron chi connectivity index (χ2n) is 9.08. The van der Waals surface area contributed by atoms with Crippen LogP contribution in [-0.2, 0) is 21.6 Å². The first kappa shape index (κ1) is 22.1. The zero-order chi connectivity index (χ0) is 20.6. The maximum absolute atomic E-state index is 15.1. The number of aliphatic hydroxyl groups is 1. The van der Waals surface area contributed by atoms with Gasteiger partial charge >= 0.3 is 5.97 Å². The van der Waals surface area contributed by atoms with Gasteiger partial charge in [-0.25, -0.2) is 9.37 Å². The highest BCUT2D eigenvalue weighted by Gasteiger charge is 2.45. The number of halogens is 2. The fraction of sp³-hybridized carbons (Fsp3) is 0.700. The molecule has 7 heteroatoms. The van der Waals surface area contributed by atoms with Crippen molar-refractivity contribution in [3.63, 3.8) is 0 Å². The van der Waals surface area contributed by atoms with Crippen molar-refractivity contribution in [2.75, 3.05) is 6.54 Å². The van der Waals surface area contributed by atoms with Gasteiger partial charge in [0, 0.05) is 18.0 Å². The maximum atomic E-state index is 15.1. The normalized spacial score (nSPS) is 24.0. The molecule has 1 aromatic heterocycles. The van der Waals surface area contributed by atoms with Crippen LogP contribution in [0.25, 0.3) is 0 Å². The van der Waals surface area contributed by atoms with Crippen molar-refractivity contribution >= 4 is 17.6 Å². The summed E-state index contributed by atoms with van der Waals surface area (Å²) in [6, 6.07) is 1.41. The van der Waals surface area contributed by atoms with Gasteiger partial charge in [0.05, 0.1) is 16.7 Å². The minimum atomic E-state index is -1.41. The van der Waals surface area contributed by atoms with Crippen molar-refractivity contribution in [1.82, 2.24) is 10.3 Å². The van der Waals surface area contributed by atoms with E-state index in [4.69, 9.17) is 16.3 Å². The molecular formula is C20H30ClFN2O3. The molecule has 2 unspecified atom stereocenters. The summed E-state index contributed by atoms with van der Waals surface area (Å²) in [7, 11) is 0. The zero-order valence-corrected chi connectivity index (χ0v) is 17.7. The number of carbonyl (C=O) groups excluding carboxylic acids is 1. The van der Waals surface area contributed by atoms with Gasteiger partial charge in [-0.15, -0.1) is 0 Å². The van der Waals surface area contributed by atoms with Gasteiger partial charge in [-0.3, -0.25) is 4.79 Å². The Balaban J connectivity index is 2.48. The van der Waals surface area contributed by atoms with Crippen molar-refractivity contribution in [2.24, 2.45) is 5.41 Å². The lowest BCUT2D eigenvalue weighted by Crippen LogP contribution is -2.50. The van der Waals surface area contributed by atoms with E-state index in [1.807, 2.05) is 27.7 Å². The monoisotopic (exact) mass is 400 g/mol. The van der Waals surface area contributed by atoms with Crippen molar-refractivity contribution in [3.8, 4) is 0 Å². The molecule has 2 atom stereocenters. The number of carbonyl (C=O) groups is 1.